The number of carbonyl (C=O) groups excluding carboxylic acids is 1. The number of amides is 1. The van der Waals surface area contributed by atoms with Gasteiger partial charge < -0.3 is 29.0 Å². The summed E-state index contributed by atoms with van der Waals surface area (Å²) in [5.41, 5.74) is 3.85. The average Bonchev–Trinajstić information content (AvgIpc) is 3.70. The Bertz CT molecular complexity index is 1420. The van der Waals surface area contributed by atoms with E-state index in [-0.39, 0.29) is 23.5 Å². The van der Waals surface area contributed by atoms with Gasteiger partial charge in [-0.1, -0.05) is 42.5 Å². The summed E-state index contributed by atoms with van der Waals surface area (Å²) >= 11 is 0. The van der Waals surface area contributed by atoms with Crippen LogP contribution in [0.5, 0.6) is 0 Å². The van der Waals surface area contributed by atoms with E-state index in [4.69, 9.17) is 19.2 Å². The number of aromatic nitrogens is 2. The molecule has 1 aromatic heterocycles. The number of nitrogens with zero attached hydrogens (tertiary/aromatic N) is 3. The monoisotopic (exact) mass is 600 g/mol. The first-order valence-corrected chi connectivity index (χ1v) is 16.7. The van der Waals surface area contributed by atoms with Gasteiger partial charge in [-0.3, -0.25) is 4.79 Å². The second kappa shape index (κ2) is 12.5. The minimum absolute atomic E-state index is 0.0328. The molecule has 44 heavy (non-hydrogen) atoms. The van der Waals surface area contributed by atoms with Crippen LogP contribution in [-0.2, 0) is 24.4 Å². The molecule has 7 atom stereocenters. The van der Waals surface area contributed by atoms with E-state index in [1.165, 1.54) is 36.8 Å². The van der Waals surface area contributed by atoms with Crippen LogP contribution in [0.15, 0.2) is 54.6 Å². The Balaban J connectivity index is 0.998. The second-order valence-electron chi connectivity index (χ2n) is 13.7. The van der Waals surface area contributed by atoms with Crippen molar-refractivity contribution in [1.82, 2.24) is 19.8 Å². The maximum Gasteiger partial charge on any atom is 0.254 e. The molecule has 8 nitrogen and oxygen atoms in total. The molecule has 3 heterocycles. The minimum Gasteiger partial charge on any atom is -0.376 e. The summed E-state index contributed by atoms with van der Waals surface area (Å²) in [6.07, 6.45) is 6.92. The van der Waals surface area contributed by atoms with Gasteiger partial charge in [0.1, 0.15) is 18.0 Å². The number of likely N-dealkylation sites (tertiary alicyclic amines) is 1. The van der Waals surface area contributed by atoms with Crippen LogP contribution in [0.2, 0.25) is 0 Å². The molecule has 2 aliphatic heterocycles. The van der Waals surface area contributed by atoms with E-state index in [2.05, 4.69) is 71.4 Å². The molecule has 1 amide bonds. The van der Waals surface area contributed by atoms with E-state index in [9.17, 15) is 4.79 Å². The van der Waals surface area contributed by atoms with Gasteiger partial charge in [0.15, 0.2) is 6.10 Å². The van der Waals surface area contributed by atoms with Crippen molar-refractivity contribution < 1.29 is 19.0 Å². The maximum atomic E-state index is 13.5. The Labute approximate surface area is 261 Å². The van der Waals surface area contributed by atoms with E-state index >= 15 is 0 Å². The van der Waals surface area contributed by atoms with Crippen molar-refractivity contribution in [2.24, 2.45) is 11.8 Å². The Morgan fingerprint density at radius 2 is 1.70 bits per heavy atom. The predicted octanol–water partition coefficient (Wildman–Crippen LogP) is 5.04. The summed E-state index contributed by atoms with van der Waals surface area (Å²) in [4.78, 5) is 20.4. The zero-order valence-corrected chi connectivity index (χ0v) is 26.5. The highest BCUT2D eigenvalue weighted by molar-refractivity contribution is 5.82. The van der Waals surface area contributed by atoms with Gasteiger partial charge in [-0.2, -0.15) is 0 Å². The van der Waals surface area contributed by atoms with E-state index in [0.29, 0.717) is 30.5 Å². The lowest BCUT2D eigenvalue weighted by molar-refractivity contribution is -0.148. The Hall–Kier alpha value is -2.78. The highest BCUT2D eigenvalue weighted by Gasteiger charge is 2.47. The Morgan fingerprint density at radius 3 is 2.41 bits per heavy atom. The molecule has 5 unspecified atom stereocenters. The third-order valence-corrected chi connectivity index (χ3v) is 11.5. The van der Waals surface area contributed by atoms with Crippen LogP contribution in [0.4, 0.5) is 0 Å². The molecule has 4 aliphatic rings. The number of fused-ring (bicyclic) bond motifs is 3. The molecule has 4 fully saturated rings. The molecule has 2 saturated carbocycles. The van der Waals surface area contributed by atoms with E-state index in [1.54, 1.807) is 14.2 Å². The van der Waals surface area contributed by atoms with E-state index in [1.807, 2.05) is 4.90 Å². The van der Waals surface area contributed by atoms with Gasteiger partial charge >= 0.3 is 0 Å². The lowest BCUT2D eigenvalue weighted by Crippen LogP contribution is -2.52. The summed E-state index contributed by atoms with van der Waals surface area (Å²) in [5.74, 6) is 2.60. The summed E-state index contributed by atoms with van der Waals surface area (Å²) < 4.78 is 19.5. The third-order valence-electron chi connectivity index (χ3n) is 11.5. The number of methoxy groups -OCH3 is 2. The Morgan fingerprint density at radius 1 is 1.00 bits per heavy atom. The molecule has 0 radical (unpaired) electrons. The number of imidazole rings is 1. The van der Waals surface area contributed by atoms with Gasteiger partial charge in [0.25, 0.3) is 5.91 Å². The molecule has 2 aliphatic carbocycles. The fourth-order valence-corrected chi connectivity index (χ4v) is 9.23. The first-order chi connectivity index (χ1) is 21.5. The predicted molar refractivity (Wildman–Crippen MR) is 171 cm³/mol. The molecule has 0 spiro atoms. The van der Waals surface area contributed by atoms with Crippen molar-refractivity contribution >= 4 is 16.9 Å². The van der Waals surface area contributed by atoms with Crippen LogP contribution in [0.3, 0.4) is 0 Å². The van der Waals surface area contributed by atoms with Crippen molar-refractivity contribution in [3.05, 3.63) is 66.0 Å². The van der Waals surface area contributed by atoms with Crippen molar-refractivity contribution in [2.45, 2.75) is 87.7 Å². The molecule has 3 aromatic rings. The fourth-order valence-electron chi connectivity index (χ4n) is 9.23. The number of hydrogen-bond acceptors (Lipinski definition) is 6. The zero-order chi connectivity index (χ0) is 30.3. The summed E-state index contributed by atoms with van der Waals surface area (Å²) in [6.45, 7) is 5.03. The standard InChI is InChI=1S/C36H48N4O4/c1-24-38-29-11-7-8-12-30(29)40(24)28-21-25-13-14-26(22-28)32(25)37-18-15-36(27-9-5-4-6-10-27)16-19-39(20-17-36)35(41)34-33(43-3)31(42-2)23-44-34/h4-12,25-26,28,31-34,37H,13-23H2,1-3H3/t25-,26?,28?,31+,32?,33?,34?/m1/s1. The third kappa shape index (κ3) is 5.38. The number of aryl methyl sites for hydroxylation is 1. The Kier molecular flexibility index (Phi) is 8.53. The van der Waals surface area contributed by atoms with Crippen LogP contribution in [0.1, 0.15) is 62.4 Å². The molecular weight excluding hydrogens is 552 g/mol. The van der Waals surface area contributed by atoms with E-state index in [0.717, 1.165) is 50.2 Å². The van der Waals surface area contributed by atoms with Crippen LogP contribution in [0, 0.1) is 18.8 Å². The molecule has 2 aromatic carbocycles. The molecule has 1 N–H and O–H groups in total. The van der Waals surface area contributed by atoms with Crippen molar-refractivity contribution in [3.8, 4) is 0 Å². The highest BCUT2D eigenvalue weighted by atomic mass is 16.6. The summed E-state index contributed by atoms with van der Waals surface area (Å²) in [5, 5.41) is 4.09. The number of piperidine rings is 1. The second-order valence-corrected chi connectivity index (χ2v) is 13.7. The number of nitrogens with one attached hydrogen (secondary N) is 1. The van der Waals surface area contributed by atoms with Gasteiger partial charge in [0, 0.05) is 39.4 Å². The lowest BCUT2D eigenvalue weighted by Gasteiger charge is -2.44. The highest BCUT2D eigenvalue weighted by Crippen LogP contribution is 2.48. The van der Waals surface area contributed by atoms with Gasteiger partial charge in [-0.25, -0.2) is 4.98 Å². The molecule has 2 bridgehead atoms. The topological polar surface area (TPSA) is 77.9 Å². The van der Waals surface area contributed by atoms with Gasteiger partial charge in [0.05, 0.1) is 17.6 Å². The molecule has 7 rings (SSSR count). The quantitative estimate of drug-likeness (QED) is 0.371. The lowest BCUT2D eigenvalue weighted by atomic mass is 9.70. The number of carbonyl (C=O) groups is 1. The average molecular weight is 601 g/mol. The van der Waals surface area contributed by atoms with Crippen molar-refractivity contribution in [2.75, 3.05) is 40.5 Å². The fraction of sp³-hybridized carbons (Fsp3) is 0.611. The SMILES string of the molecule is COC1C(C(=O)N2CCC(CCNC3C4CC[C@@H]3CC(n3c(C)nc5ccccc53)C4)(c3ccccc3)CC2)OC[C@@H]1OC. The number of ether oxygens (including phenoxy) is 3. The summed E-state index contributed by atoms with van der Waals surface area (Å²) in [7, 11) is 3.28. The van der Waals surface area contributed by atoms with Gasteiger partial charge in [-0.05, 0) is 93.4 Å². The summed E-state index contributed by atoms with van der Waals surface area (Å²) in [6, 6.07) is 20.7. The maximum absolute atomic E-state index is 13.5. The number of hydrogen-bond donors (Lipinski definition) is 1. The van der Waals surface area contributed by atoms with Gasteiger partial charge in [0.2, 0.25) is 0 Å². The van der Waals surface area contributed by atoms with Crippen LogP contribution < -0.4 is 5.32 Å². The van der Waals surface area contributed by atoms with Crippen LogP contribution >= 0.6 is 0 Å². The van der Waals surface area contributed by atoms with Gasteiger partial charge in [-0.15, -0.1) is 0 Å². The first-order valence-electron chi connectivity index (χ1n) is 16.7. The minimum atomic E-state index is -0.592. The van der Waals surface area contributed by atoms with Crippen LogP contribution in [0.25, 0.3) is 11.0 Å². The smallest absolute Gasteiger partial charge is 0.254 e. The largest absolute Gasteiger partial charge is 0.376 e. The first kappa shape index (κ1) is 29.9. The van der Waals surface area contributed by atoms with E-state index < -0.39 is 6.10 Å². The molecule has 2 saturated heterocycles. The van der Waals surface area contributed by atoms with Crippen molar-refractivity contribution in [1.29, 1.82) is 0 Å². The number of para-hydroxylation sites is 2. The van der Waals surface area contributed by atoms with Crippen LogP contribution in [-0.4, -0.2) is 85.2 Å². The molecule has 236 valence electrons. The number of rotatable bonds is 9. The van der Waals surface area contributed by atoms with Crippen molar-refractivity contribution in [3.63, 3.8) is 0 Å². The zero-order valence-electron chi connectivity index (χ0n) is 26.5. The molecular formula is C36H48N4O4. The normalized spacial score (nSPS) is 31.5. The number of benzene rings is 2. The molecule has 8 heteroatoms.